The van der Waals surface area contributed by atoms with Crippen molar-refractivity contribution in [1.29, 1.82) is 0 Å². The lowest BCUT2D eigenvalue weighted by molar-refractivity contribution is 0.0954. The number of rotatable bonds is 10. The topological polar surface area (TPSA) is 68.8 Å². The molecule has 1 unspecified atom stereocenters. The summed E-state index contributed by atoms with van der Waals surface area (Å²) < 4.78 is 0. The number of nitrogens with zero attached hydrogens (tertiary/aromatic N) is 2. The second-order valence-electron chi connectivity index (χ2n) is 6.65. The Morgan fingerprint density at radius 1 is 0.897 bits per heavy atom. The second kappa shape index (κ2) is 12.6. The number of hydrogen-bond donors (Lipinski definition) is 3. The number of nitrogens with one attached hydrogen (secondary N) is 3. The molecule has 0 aliphatic rings. The van der Waals surface area contributed by atoms with E-state index in [4.69, 9.17) is 0 Å². The van der Waals surface area contributed by atoms with Crippen LogP contribution in [-0.2, 0) is 0 Å². The van der Waals surface area contributed by atoms with Crippen LogP contribution >= 0.6 is 0 Å². The summed E-state index contributed by atoms with van der Waals surface area (Å²) in [6, 6.07) is 20.0. The van der Waals surface area contributed by atoms with E-state index in [9.17, 15) is 4.79 Å². The van der Waals surface area contributed by atoms with E-state index in [-0.39, 0.29) is 11.9 Å². The van der Waals surface area contributed by atoms with Crippen LogP contribution in [0.2, 0.25) is 0 Å². The summed E-state index contributed by atoms with van der Waals surface area (Å²) in [7, 11) is 1.76. The Morgan fingerprint density at radius 3 is 2.07 bits per heavy atom. The molecular formula is C23H33N5O. The maximum absolute atomic E-state index is 12.1. The predicted octanol–water partition coefficient (Wildman–Crippen LogP) is 2.66. The third-order valence-corrected chi connectivity index (χ3v) is 4.86. The van der Waals surface area contributed by atoms with Crippen molar-refractivity contribution in [2.24, 2.45) is 4.99 Å². The molecule has 2 rings (SSSR count). The number of benzene rings is 2. The molecule has 1 atom stereocenters. The standard InChI is InChI=1S/C23H33N5O/c1-4-28(5-2)21(19-12-8-6-9-13-19)18-27-23(24-3)26-17-16-25-22(29)20-14-10-7-11-15-20/h6-15,21H,4-5,16-18H2,1-3H3,(H,25,29)(H2,24,26,27). The fraction of sp³-hybridized carbons (Fsp3) is 0.391. The number of hydrogen-bond acceptors (Lipinski definition) is 3. The lowest BCUT2D eigenvalue weighted by Gasteiger charge is -2.30. The average Bonchev–Trinajstić information content (AvgIpc) is 2.78. The van der Waals surface area contributed by atoms with Crippen LogP contribution in [0.4, 0.5) is 0 Å². The molecule has 0 aromatic heterocycles. The molecule has 0 fully saturated rings. The van der Waals surface area contributed by atoms with Gasteiger partial charge in [-0.25, -0.2) is 0 Å². The summed E-state index contributed by atoms with van der Waals surface area (Å²) in [5.74, 6) is 0.660. The van der Waals surface area contributed by atoms with E-state index in [1.54, 1.807) is 19.2 Å². The van der Waals surface area contributed by atoms with Crippen molar-refractivity contribution in [1.82, 2.24) is 20.9 Å². The molecule has 0 bridgehead atoms. The molecule has 0 spiro atoms. The van der Waals surface area contributed by atoms with Gasteiger partial charge >= 0.3 is 0 Å². The lowest BCUT2D eigenvalue weighted by atomic mass is 10.1. The van der Waals surface area contributed by atoms with Crippen LogP contribution in [0.1, 0.15) is 35.8 Å². The van der Waals surface area contributed by atoms with Crippen molar-refractivity contribution in [2.75, 3.05) is 39.8 Å². The van der Waals surface area contributed by atoms with Crippen LogP contribution in [0, 0.1) is 0 Å². The molecule has 0 aliphatic heterocycles. The quantitative estimate of drug-likeness (QED) is 0.329. The fourth-order valence-electron chi connectivity index (χ4n) is 3.26. The molecular weight excluding hydrogens is 362 g/mol. The Morgan fingerprint density at radius 2 is 1.48 bits per heavy atom. The minimum absolute atomic E-state index is 0.0685. The number of guanidine groups is 1. The minimum Gasteiger partial charge on any atom is -0.355 e. The summed E-state index contributed by atoms with van der Waals surface area (Å²) in [5, 5.41) is 9.60. The van der Waals surface area contributed by atoms with Gasteiger partial charge in [0, 0.05) is 32.2 Å². The first-order valence-electron chi connectivity index (χ1n) is 10.3. The van der Waals surface area contributed by atoms with Crippen LogP contribution < -0.4 is 16.0 Å². The number of likely N-dealkylation sites (N-methyl/N-ethyl adjacent to an activating group) is 1. The maximum atomic E-state index is 12.1. The van der Waals surface area contributed by atoms with E-state index in [2.05, 4.69) is 64.0 Å². The Balaban J connectivity index is 1.82. The van der Waals surface area contributed by atoms with Gasteiger partial charge in [0.1, 0.15) is 0 Å². The van der Waals surface area contributed by atoms with Crippen molar-refractivity contribution in [3.8, 4) is 0 Å². The molecule has 0 saturated carbocycles. The fourth-order valence-corrected chi connectivity index (χ4v) is 3.26. The van der Waals surface area contributed by atoms with Crippen LogP contribution in [0.15, 0.2) is 65.7 Å². The highest BCUT2D eigenvalue weighted by Crippen LogP contribution is 2.19. The second-order valence-corrected chi connectivity index (χ2v) is 6.65. The van der Waals surface area contributed by atoms with E-state index < -0.39 is 0 Å². The van der Waals surface area contributed by atoms with Crippen LogP contribution in [-0.4, -0.2) is 56.5 Å². The number of carbonyl (C=O) groups is 1. The Labute approximate surface area is 174 Å². The lowest BCUT2D eigenvalue weighted by Crippen LogP contribution is -2.45. The molecule has 6 heteroatoms. The molecule has 0 saturated heterocycles. The SMILES string of the molecule is CCN(CC)C(CNC(=NC)NCCNC(=O)c1ccccc1)c1ccccc1. The van der Waals surface area contributed by atoms with Gasteiger partial charge in [-0.3, -0.25) is 14.7 Å². The van der Waals surface area contributed by atoms with E-state index in [0.29, 0.717) is 18.7 Å². The van der Waals surface area contributed by atoms with E-state index in [1.165, 1.54) is 5.56 Å². The first kappa shape index (κ1) is 22.4. The molecule has 6 nitrogen and oxygen atoms in total. The van der Waals surface area contributed by atoms with Crippen molar-refractivity contribution < 1.29 is 4.79 Å². The van der Waals surface area contributed by atoms with Gasteiger partial charge in [0.05, 0.1) is 6.04 Å². The minimum atomic E-state index is -0.0685. The molecule has 0 radical (unpaired) electrons. The molecule has 0 heterocycles. The molecule has 2 aromatic carbocycles. The van der Waals surface area contributed by atoms with Crippen molar-refractivity contribution in [3.05, 3.63) is 71.8 Å². The van der Waals surface area contributed by atoms with Gasteiger partial charge in [0.2, 0.25) is 0 Å². The normalized spacial score (nSPS) is 12.5. The molecule has 0 aliphatic carbocycles. The van der Waals surface area contributed by atoms with Gasteiger partial charge in [-0.05, 0) is 30.8 Å². The first-order valence-corrected chi connectivity index (χ1v) is 10.3. The third kappa shape index (κ3) is 7.23. The predicted molar refractivity (Wildman–Crippen MR) is 120 cm³/mol. The Hall–Kier alpha value is -2.86. The molecule has 2 aromatic rings. The summed E-state index contributed by atoms with van der Waals surface area (Å²) in [4.78, 5) is 18.8. The zero-order valence-electron chi connectivity index (χ0n) is 17.7. The van der Waals surface area contributed by atoms with E-state index in [0.717, 1.165) is 25.6 Å². The highest BCUT2D eigenvalue weighted by Gasteiger charge is 2.18. The van der Waals surface area contributed by atoms with Gasteiger partial charge in [0.15, 0.2) is 5.96 Å². The molecule has 29 heavy (non-hydrogen) atoms. The summed E-state index contributed by atoms with van der Waals surface area (Å²) >= 11 is 0. The summed E-state index contributed by atoms with van der Waals surface area (Å²) in [6.45, 7) is 8.20. The zero-order valence-corrected chi connectivity index (χ0v) is 17.7. The number of amides is 1. The summed E-state index contributed by atoms with van der Waals surface area (Å²) in [6.07, 6.45) is 0. The van der Waals surface area contributed by atoms with Gasteiger partial charge in [-0.1, -0.05) is 62.4 Å². The largest absolute Gasteiger partial charge is 0.355 e. The maximum Gasteiger partial charge on any atom is 0.251 e. The third-order valence-electron chi connectivity index (χ3n) is 4.86. The zero-order chi connectivity index (χ0) is 20.9. The monoisotopic (exact) mass is 395 g/mol. The van der Waals surface area contributed by atoms with E-state index >= 15 is 0 Å². The molecule has 156 valence electrons. The van der Waals surface area contributed by atoms with Gasteiger partial charge in [-0.15, -0.1) is 0 Å². The Bertz CT molecular complexity index is 744. The summed E-state index contributed by atoms with van der Waals surface area (Å²) in [5.41, 5.74) is 1.95. The highest BCUT2D eigenvalue weighted by atomic mass is 16.1. The van der Waals surface area contributed by atoms with Crippen LogP contribution in [0.5, 0.6) is 0 Å². The molecule has 3 N–H and O–H groups in total. The molecule has 1 amide bonds. The van der Waals surface area contributed by atoms with E-state index in [1.807, 2.05) is 24.3 Å². The van der Waals surface area contributed by atoms with Crippen molar-refractivity contribution in [3.63, 3.8) is 0 Å². The smallest absolute Gasteiger partial charge is 0.251 e. The van der Waals surface area contributed by atoms with Gasteiger partial charge < -0.3 is 16.0 Å². The number of carbonyl (C=O) groups excluding carboxylic acids is 1. The van der Waals surface area contributed by atoms with Gasteiger partial charge in [0.25, 0.3) is 5.91 Å². The van der Waals surface area contributed by atoms with Crippen molar-refractivity contribution >= 4 is 11.9 Å². The first-order chi connectivity index (χ1) is 14.2. The Kier molecular flexibility index (Phi) is 9.72. The van der Waals surface area contributed by atoms with Crippen LogP contribution in [0.3, 0.4) is 0 Å². The highest BCUT2D eigenvalue weighted by molar-refractivity contribution is 5.94. The van der Waals surface area contributed by atoms with Crippen molar-refractivity contribution in [2.45, 2.75) is 19.9 Å². The number of aliphatic imine (C=N–C) groups is 1. The average molecular weight is 396 g/mol. The van der Waals surface area contributed by atoms with Gasteiger partial charge in [-0.2, -0.15) is 0 Å². The van der Waals surface area contributed by atoms with Crippen LogP contribution in [0.25, 0.3) is 0 Å².